The lowest BCUT2D eigenvalue weighted by Crippen LogP contribution is -2.34. The van der Waals surface area contributed by atoms with Crippen LogP contribution in [0.4, 0.5) is 0 Å². The van der Waals surface area contributed by atoms with Gasteiger partial charge in [-0.1, -0.05) is 23.7 Å². The average Bonchev–Trinajstić information content (AvgIpc) is 3.00. The van der Waals surface area contributed by atoms with Gasteiger partial charge in [-0.3, -0.25) is 4.90 Å². The molecule has 1 aromatic carbocycles. The van der Waals surface area contributed by atoms with Crippen LogP contribution in [-0.4, -0.2) is 39.3 Å². The van der Waals surface area contributed by atoms with Gasteiger partial charge in [-0.25, -0.2) is 0 Å². The minimum atomic E-state index is 0.546. The molecule has 3 heterocycles. The molecule has 0 radical (unpaired) electrons. The van der Waals surface area contributed by atoms with Crippen LogP contribution in [0.25, 0.3) is 0 Å². The second-order valence-corrected chi connectivity index (χ2v) is 6.92. The molecule has 6 heteroatoms. The van der Waals surface area contributed by atoms with Crippen LogP contribution in [0.1, 0.15) is 36.0 Å². The largest absolute Gasteiger partial charge is 0.312 e. The Labute approximate surface area is 141 Å². The first kappa shape index (κ1) is 15.1. The van der Waals surface area contributed by atoms with E-state index >= 15 is 0 Å². The first-order valence-electron chi connectivity index (χ1n) is 8.39. The number of hydrogen-bond acceptors (Lipinski definition) is 4. The maximum Gasteiger partial charge on any atom is 0.147 e. The number of piperidine rings is 1. The lowest BCUT2D eigenvalue weighted by Gasteiger charge is -2.32. The molecule has 1 N–H and O–H groups in total. The number of aromatic nitrogens is 3. The first-order chi connectivity index (χ1) is 11.3. The number of likely N-dealkylation sites (tertiary alicyclic amines) is 1. The van der Waals surface area contributed by atoms with Crippen molar-refractivity contribution in [3.05, 3.63) is 46.5 Å². The van der Waals surface area contributed by atoms with E-state index in [1.165, 1.54) is 11.4 Å². The molecule has 4 rings (SSSR count). The van der Waals surface area contributed by atoms with E-state index in [9.17, 15) is 0 Å². The molecule has 5 nitrogen and oxygen atoms in total. The van der Waals surface area contributed by atoms with E-state index < -0.39 is 0 Å². The summed E-state index contributed by atoms with van der Waals surface area (Å²) in [6, 6.07) is 8.18. The molecule has 1 fully saturated rings. The Bertz CT molecular complexity index is 675. The normalized spacial score (nSPS) is 19.7. The molecule has 1 aromatic heterocycles. The van der Waals surface area contributed by atoms with Gasteiger partial charge in [-0.2, -0.15) is 0 Å². The number of hydrogen-bond donors (Lipinski definition) is 1. The zero-order valence-electron chi connectivity index (χ0n) is 13.2. The van der Waals surface area contributed by atoms with Crippen molar-refractivity contribution in [2.75, 3.05) is 19.6 Å². The summed E-state index contributed by atoms with van der Waals surface area (Å²) in [4.78, 5) is 2.51. The molecule has 0 aliphatic carbocycles. The van der Waals surface area contributed by atoms with Crippen molar-refractivity contribution < 1.29 is 0 Å². The van der Waals surface area contributed by atoms with Crippen LogP contribution in [0, 0.1) is 0 Å². The molecule has 0 atom stereocenters. The molecule has 122 valence electrons. The molecular formula is C17H22ClN5. The quantitative estimate of drug-likeness (QED) is 0.938. The van der Waals surface area contributed by atoms with Crippen LogP contribution < -0.4 is 5.32 Å². The summed E-state index contributed by atoms with van der Waals surface area (Å²) in [5.74, 6) is 2.83. The lowest BCUT2D eigenvalue weighted by atomic mass is 9.95. The maximum atomic E-state index is 6.08. The number of fused-ring (bicyclic) bond motifs is 1. The summed E-state index contributed by atoms with van der Waals surface area (Å²) in [5.41, 5.74) is 1.29. The van der Waals surface area contributed by atoms with Crippen molar-refractivity contribution in [1.29, 1.82) is 0 Å². The van der Waals surface area contributed by atoms with Crippen molar-refractivity contribution in [1.82, 2.24) is 25.0 Å². The molecule has 0 bridgehead atoms. The fourth-order valence-electron chi connectivity index (χ4n) is 3.66. The number of benzene rings is 1. The fraction of sp³-hybridized carbons (Fsp3) is 0.529. The minimum Gasteiger partial charge on any atom is -0.312 e. The first-order valence-corrected chi connectivity index (χ1v) is 8.77. The molecule has 0 spiro atoms. The second kappa shape index (κ2) is 6.59. The lowest BCUT2D eigenvalue weighted by molar-refractivity contribution is 0.199. The van der Waals surface area contributed by atoms with Gasteiger partial charge in [0.05, 0.1) is 6.54 Å². The van der Waals surface area contributed by atoms with Gasteiger partial charge >= 0.3 is 0 Å². The summed E-state index contributed by atoms with van der Waals surface area (Å²) in [7, 11) is 0. The topological polar surface area (TPSA) is 46.0 Å². The molecule has 2 aromatic rings. The highest BCUT2D eigenvalue weighted by molar-refractivity contribution is 6.30. The predicted octanol–water partition coefficient (Wildman–Crippen LogP) is 2.41. The molecule has 0 unspecified atom stereocenters. The standard InChI is InChI=1S/C17H22ClN5/c18-15-3-1-2-13(10-15)12-22-7-4-14(5-8-22)17-21-20-16-11-19-6-9-23(16)17/h1-3,10,14,19H,4-9,11-12H2. The Morgan fingerprint density at radius 3 is 2.87 bits per heavy atom. The van der Waals surface area contributed by atoms with E-state index in [0.717, 1.165) is 63.0 Å². The number of nitrogens with one attached hydrogen (secondary N) is 1. The van der Waals surface area contributed by atoms with E-state index in [0.29, 0.717) is 5.92 Å². The van der Waals surface area contributed by atoms with Gasteiger partial charge in [0, 0.05) is 30.6 Å². The van der Waals surface area contributed by atoms with Crippen molar-refractivity contribution in [2.45, 2.75) is 38.4 Å². The van der Waals surface area contributed by atoms with Crippen LogP contribution >= 0.6 is 11.6 Å². The zero-order valence-corrected chi connectivity index (χ0v) is 14.0. The number of halogens is 1. The third kappa shape index (κ3) is 3.27. The van der Waals surface area contributed by atoms with Crippen LogP contribution in [0.5, 0.6) is 0 Å². The highest BCUT2D eigenvalue weighted by Gasteiger charge is 2.26. The van der Waals surface area contributed by atoms with Crippen LogP contribution in [0.3, 0.4) is 0 Å². The Morgan fingerprint density at radius 1 is 1.17 bits per heavy atom. The van der Waals surface area contributed by atoms with Gasteiger partial charge in [0.15, 0.2) is 0 Å². The smallest absolute Gasteiger partial charge is 0.147 e. The van der Waals surface area contributed by atoms with Crippen molar-refractivity contribution in [2.24, 2.45) is 0 Å². The van der Waals surface area contributed by atoms with Gasteiger partial charge in [0.2, 0.25) is 0 Å². The van der Waals surface area contributed by atoms with E-state index in [4.69, 9.17) is 11.6 Å². The van der Waals surface area contributed by atoms with E-state index in [1.54, 1.807) is 0 Å². The van der Waals surface area contributed by atoms with E-state index in [2.05, 4.69) is 37.1 Å². The summed E-state index contributed by atoms with van der Waals surface area (Å²) >= 11 is 6.08. The molecule has 2 aliphatic heterocycles. The molecule has 0 saturated carbocycles. The summed E-state index contributed by atoms with van der Waals surface area (Å²) in [6.07, 6.45) is 2.32. The maximum absolute atomic E-state index is 6.08. The highest BCUT2D eigenvalue weighted by Crippen LogP contribution is 2.28. The third-order valence-electron chi connectivity index (χ3n) is 4.90. The van der Waals surface area contributed by atoms with Crippen molar-refractivity contribution >= 4 is 11.6 Å². The second-order valence-electron chi connectivity index (χ2n) is 6.48. The minimum absolute atomic E-state index is 0.546. The van der Waals surface area contributed by atoms with E-state index in [1.807, 2.05) is 12.1 Å². The average molecular weight is 332 g/mol. The number of nitrogens with zero attached hydrogens (tertiary/aromatic N) is 4. The molecule has 0 amide bonds. The molecule has 1 saturated heterocycles. The molecule has 23 heavy (non-hydrogen) atoms. The van der Waals surface area contributed by atoms with Gasteiger partial charge in [-0.05, 0) is 43.6 Å². The summed E-state index contributed by atoms with van der Waals surface area (Å²) in [6.45, 7) is 6.07. The van der Waals surface area contributed by atoms with Crippen LogP contribution in [0.15, 0.2) is 24.3 Å². The van der Waals surface area contributed by atoms with Crippen LogP contribution in [-0.2, 0) is 19.6 Å². The zero-order chi connectivity index (χ0) is 15.6. The molecule has 2 aliphatic rings. The Balaban J connectivity index is 1.38. The third-order valence-corrected chi connectivity index (χ3v) is 5.13. The highest BCUT2D eigenvalue weighted by atomic mass is 35.5. The Morgan fingerprint density at radius 2 is 2.04 bits per heavy atom. The summed E-state index contributed by atoms with van der Waals surface area (Å²) in [5, 5.41) is 13.0. The SMILES string of the molecule is Clc1cccc(CN2CCC(c3nnc4n3CCNC4)CC2)c1. The van der Waals surface area contributed by atoms with Gasteiger partial charge in [0.25, 0.3) is 0 Å². The van der Waals surface area contributed by atoms with Gasteiger partial charge in [-0.15, -0.1) is 10.2 Å². The Kier molecular flexibility index (Phi) is 4.33. The van der Waals surface area contributed by atoms with Gasteiger partial charge < -0.3 is 9.88 Å². The monoisotopic (exact) mass is 331 g/mol. The fourth-order valence-corrected chi connectivity index (χ4v) is 3.87. The van der Waals surface area contributed by atoms with Crippen molar-refractivity contribution in [3.63, 3.8) is 0 Å². The van der Waals surface area contributed by atoms with E-state index in [-0.39, 0.29) is 0 Å². The predicted molar refractivity (Wildman–Crippen MR) is 90.4 cm³/mol. The summed E-state index contributed by atoms with van der Waals surface area (Å²) < 4.78 is 2.33. The van der Waals surface area contributed by atoms with Gasteiger partial charge in [0.1, 0.15) is 11.6 Å². The Hall–Kier alpha value is -1.43. The van der Waals surface area contributed by atoms with Crippen molar-refractivity contribution in [3.8, 4) is 0 Å². The number of rotatable bonds is 3. The van der Waals surface area contributed by atoms with Crippen LogP contribution in [0.2, 0.25) is 5.02 Å². The molecular weight excluding hydrogens is 310 g/mol.